The molecule has 0 amide bonds. The summed E-state index contributed by atoms with van der Waals surface area (Å²) in [6.07, 6.45) is 0.863. The average molecular weight is 130 g/mol. The van der Waals surface area contributed by atoms with Crippen LogP contribution in [0.3, 0.4) is 0 Å². The second kappa shape index (κ2) is 2.73. The van der Waals surface area contributed by atoms with Crippen LogP contribution in [0.5, 0.6) is 0 Å². The molecule has 0 bridgehead atoms. The molecular formula is C6H10O3. The second-order valence-corrected chi connectivity index (χ2v) is 2.00. The second-order valence-electron chi connectivity index (χ2n) is 2.00. The van der Waals surface area contributed by atoms with Crippen molar-refractivity contribution < 1.29 is 14.6 Å². The molecule has 0 aromatic rings. The third-order valence-electron chi connectivity index (χ3n) is 1.19. The number of aliphatic hydroxyl groups is 1. The van der Waals surface area contributed by atoms with Gasteiger partial charge in [0.15, 0.2) is 0 Å². The van der Waals surface area contributed by atoms with E-state index < -0.39 is 0 Å². The lowest BCUT2D eigenvalue weighted by Gasteiger charge is -2.07. The van der Waals surface area contributed by atoms with E-state index in [9.17, 15) is 0 Å². The first-order valence-corrected chi connectivity index (χ1v) is 2.91. The molecule has 0 spiro atoms. The Morgan fingerprint density at radius 3 is 3.00 bits per heavy atom. The standard InChI is InChI=1S/C6H10O3/c1-5(7)9-6-2-3-8-4-6/h6-7H,1-4H2. The number of aliphatic hydroxyl groups excluding tert-OH is 1. The Labute approximate surface area is 53.9 Å². The van der Waals surface area contributed by atoms with Crippen LogP contribution in [0.15, 0.2) is 12.5 Å². The molecule has 0 aliphatic carbocycles. The zero-order valence-corrected chi connectivity index (χ0v) is 5.17. The van der Waals surface area contributed by atoms with Gasteiger partial charge in [0.2, 0.25) is 0 Å². The van der Waals surface area contributed by atoms with Gasteiger partial charge < -0.3 is 14.6 Å². The molecule has 1 fully saturated rings. The van der Waals surface area contributed by atoms with E-state index in [4.69, 9.17) is 14.6 Å². The number of hydrogen-bond acceptors (Lipinski definition) is 3. The number of rotatable bonds is 2. The topological polar surface area (TPSA) is 38.7 Å². The Kier molecular flexibility index (Phi) is 1.95. The Morgan fingerprint density at radius 2 is 2.56 bits per heavy atom. The summed E-state index contributed by atoms with van der Waals surface area (Å²) in [4.78, 5) is 0. The lowest BCUT2D eigenvalue weighted by Crippen LogP contribution is -2.10. The van der Waals surface area contributed by atoms with Gasteiger partial charge in [-0.3, -0.25) is 0 Å². The van der Waals surface area contributed by atoms with Gasteiger partial charge in [-0.05, 0) is 6.58 Å². The highest BCUT2D eigenvalue weighted by atomic mass is 16.6. The Balaban J connectivity index is 2.19. The van der Waals surface area contributed by atoms with E-state index in [1.54, 1.807) is 0 Å². The molecule has 52 valence electrons. The summed E-state index contributed by atoms with van der Waals surface area (Å²) in [7, 11) is 0. The fourth-order valence-corrected chi connectivity index (χ4v) is 0.798. The fourth-order valence-electron chi connectivity index (χ4n) is 0.798. The largest absolute Gasteiger partial charge is 0.481 e. The Morgan fingerprint density at radius 1 is 1.78 bits per heavy atom. The van der Waals surface area contributed by atoms with E-state index in [0.717, 1.165) is 13.0 Å². The zero-order valence-electron chi connectivity index (χ0n) is 5.17. The molecule has 1 rings (SSSR count). The van der Waals surface area contributed by atoms with Crippen LogP contribution in [0, 0.1) is 0 Å². The number of hydrogen-bond donors (Lipinski definition) is 1. The van der Waals surface area contributed by atoms with Gasteiger partial charge in [-0.2, -0.15) is 0 Å². The quantitative estimate of drug-likeness (QED) is 0.562. The summed E-state index contributed by atoms with van der Waals surface area (Å²) in [5, 5.41) is 8.54. The molecule has 0 aromatic heterocycles. The fraction of sp³-hybridized carbons (Fsp3) is 0.667. The first-order chi connectivity index (χ1) is 4.29. The van der Waals surface area contributed by atoms with Crippen molar-refractivity contribution in [3.8, 4) is 0 Å². The van der Waals surface area contributed by atoms with Gasteiger partial charge >= 0.3 is 0 Å². The van der Waals surface area contributed by atoms with Crippen LogP contribution in [0.4, 0.5) is 0 Å². The van der Waals surface area contributed by atoms with Gasteiger partial charge in [0, 0.05) is 6.42 Å². The van der Waals surface area contributed by atoms with Crippen LogP contribution in [0.2, 0.25) is 0 Å². The molecule has 3 heteroatoms. The van der Waals surface area contributed by atoms with Crippen LogP contribution in [0.1, 0.15) is 6.42 Å². The summed E-state index contributed by atoms with van der Waals surface area (Å²) >= 11 is 0. The van der Waals surface area contributed by atoms with Crippen molar-refractivity contribution in [1.82, 2.24) is 0 Å². The summed E-state index contributed by atoms with van der Waals surface area (Å²) in [6.45, 7) is 4.49. The van der Waals surface area contributed by atoms with Crippen LogP contribution in [-0.2, 0) is 9.47 Å². The van der Waals surface area contributed by atoms with Gasteiger partial charge in [-0.1, -0.05) is 0 Å². The van der Waals surface area contributed by atoms with Crippen LogP contribution >= 0.6 is 0 Å². The highest BCUT2D eigenvalue weighted by molar-refractivity contribution is 4.71. The van der Waals surface area contributed by atoms with Crippen molar-refractivity contribution in [3.05, 3.63) is 12.5 Å². The minimum atomic E-state index is -0.217. The number of ether oxygens (including phenoxy) is 2. The molecule has 1 unspecified atom stereocenters. The lowest BCUT2D eigenvalue weighted by atomic mass is 10.3. The van der Waals surface area contributed by atoms with Crippen molar-refractivity contribution in [1.29, 1.82) is 0 Å². The summed E-state index contributed by atoms with van der Waals surface area (Å²) in [6, 6.07) is 0. The average Bonchev–Trinajstić information content (AvgIpc) is 2.15. The molecular weight excluding hydrogens is 120 g/mol. The molecule has 1 heterocycles. The smallest absolute Gasteiger partial charge is 0.269 e. The van der Waals surface area contributed by atoms with E-state index in [2.05, 4.69) is 6.58 Å². The molecule has 9 heavy (non-hydrogen) atoms. The highest BCUT2D eigenvalue weighted by Gasteiger charge is 2.16. The van der Waals surface area contributed by atoms with E-state index in [-0.39, 0.29) is 12.0 Å². The molecule has 1 saturated heterocycles. The van der Waals surface area contributed by atoms with Crippen molar-refractivity contribution in [2.75, 3.05) is 13.2 Å². The molecule has 0 aromatic carbocycles. The maximum absolute atomic E-state index is 8.54. The molecule has 1 aliphatic heterocycles. The van der Waals surface area contributed by atoms with Gasteiger partial charge in [-0.15, -0.1) is 0 Å². The molecule has 0 saturated carbocycles. The minimum absolute atomic E-state index is 0.0162. The summed E-state index contributed by atoms with van der Waals surface area (Å²) in [5.74, 6) is -0.217. The molecule has 1 N–H and O–H groups in total. The van der Waals surface area contributed by atoms with Crippen molar-refractivity contribution in [2.45, 2.75) is 12.5 Å². The third-order valence-corrected chi connectivity index (χ3v) is 1.19. The predicted molar refractivity (Wildman–Crippen MR) is 32.1 cm³/mol. The minimum Gasteiger partial charge on any atom is -0.481 e. The zero-order chi connectivity index (χ0) is 6.69. The van der Waals surface area contributed by atoms with Crippen LogP contribution in [0.25, 0.3) is 0 Å². The summed E-state index contributed by atoms with van der Waals surface area (Å²) in [5.41, 5.74) is 0. The van der Waals surface area contributed by atoms with E-state index >= 15 is 0 Å². The van der Waals surface area contributed by atoms with Crippen molar-refractivity contribution in [2.24, 2.45) is 0 Å². The predicted octanol–water partition coefficient (Wildman–Crippen LogP) is 0.821. The van der Waals surface area contributed by atoms with E-state index in [1.807, 2.05) is 0 Å². The van der Waals surface area contributed by atoms with Crippen LogP contribution in [-0.4, -0.2) is 24.4 Å². The molecule has 1 aliphatic rings. The van der Waals surface area contributed by atoms with Crippen molar-refractivity contribution >= 4 is 0 Å². The van der Waals surface area contributed by atoms with Crippen LogP contribution < -0.4 is 0 Å². The highest BCUT2D eigenvalue weighted by Crippen LogP contribution is 2.09. The molecule has 1 atom stereocenters. The molecule has 3 nitrogen and oxygen atoms in total. The van der Waals surface area contributed by atoms with Gasteiger partial charge in [0.05, 0.1) is 13.2 Å². The van der Waals surface area contributed by atoms with E-state index in [1.165, 1.54) is 0 Å². The Hall–Kier alpha value is -0.700. The first kappa shape index (κ1) is 6.42. The maximum Gasteiger partial charge on any atom is 0.269 e. The Bertz CT molecular complexity index is 105. The van der Waals surface area contributed by atoms with Gasteiger partial charge in [-0.25, -0.2) is 0 Å². The lowest BCUT2D eigenvalue weighted by molar-refractivity contribution is 0.0269. The molecule has 0 radical (unpaired) electrons. The normalized spacial score (nSPS) is 26.0. The monoisotopic (exact) mass is 130 g/mol. The van der Waals surface area contributed by atoms with Gasteiger partial charge in [0.25, 0.3) is 5.95 Å². The SMILES string of the molecule is C=C(O)OC1CCOC1. The summed E-state index contributed by atoms with van der Waals surface area (Å²) < 4.78 is 9.83. The first-order valence-electron chi connectivity index (χ1n) is 2.91. The third kappa shape index (κ3) is 1.93. The van der Waals surface area contributed by atoms with Crippen molar-refractivity contribution in [3.63, 3.8) is 0 Å². The maximum atomic E-state index is 8.54. The van der Waals surface area contributed by atoms with Gasteiger partial charge in [0.1, 0.15) is 6.10 Å². The van der Waals surface area contributed by atoms with E-state index in [0.29, 0.717) is 6.61 Å².